The van der Waals surface area contributed by atoms with Gasteiger partial charge in [0, 0.05) is 5.92 Å². The molecule has 1 aliphatic carbocycles. The van der Waals surface area contributed by atoms with Crippen molar-refractivity contribution in [2.24, 2.45) is 25.9 Å². The molecule has 0 aromatic heterocycles. The third-order valence-electron chi connectivity index (χ3n) is 3.04. The molecule has 19 heavy (non-hydrogen) atoms. The van der Waals surface area contributed by atoms with Crippen LogP contribution in [0.3, 0.4) is 0 Å². The van der Waals surface area contributed by atoms with Crippen LogP contribution in [-0.4, -0.2) is 42.6 Å². The normalized spacial score (nSPS) is 26.6. The van der Waals surface area contributed by atoms with Gasteiger partial charge in [-0.05, 0) is 19.3 Å². The van der Waals surface area contributed by atoms with Crippen LogP contribution in [0.2, 0.25) is 0 Å². The number of nitrogens with zero attached hydrogens (tertiary/aromatic N) is 4. The van der Waals surface area contributed by atoms with Gasteiger partial charge in [0.25, 0.3) is 0 Å². The van der Waals surface area contributed by atoms with Crippen molar-refractivity contribution in [3.63, 3.8) is 0 Å². The predicted molar refractivity (Wildman–Crippen MR) is 61.2 cm³/mol. The SMILES string of the molecule is O=C=NC1CCCC(N=C=O)C1C(N=C=O)N=C=O. The van der Waals surface area contributed by atoms with Crippen LogP contribution in [0, 0.1) is 5.92 Å². The molecule has 98 valence electrons. The molecule has 0 aliphatic heterocycles. The molecule has 2 unspecified atom stereocenters. The number of aliphatic imine (C=N–C) groups is 4. The topological polar surface area (TPSA) is 118 Å². The molecular weight excluding hydrogens is 252 g/mol. The van der Waals surface area contributed by atoms with Crippen molar-refractivity contribution in [2.75, 3.05) is 0 Å². The Morgan fingerprint density at radius 3 is 1.63 bits per heavy atom. The molecule has 0 amide bonds. The average Bonchev–Trinajstić information content (AvgIpc) is 2.40. The lowest BCUT2D eigenvalue weighted by Crippen LogP contribution is -2.40. The van der Waals surface area contributed by atoms with E-state index in [0.717, 1.165) is 0 Å². The molecule has 1 fully saturated rings. The summed E-state index contributed by atoms with van der Waals surface area (Å²) in [4.78, 5) is 55.5. The second-order valence-electron chi connectivity index (χ2n) is 3.94. The first-order valence-electron chi connectivity index (χ1n) is 5.56. The molecule has 1 rings (SSSR count). The van der Waals surface area contributed by atoms with Crippen molar-refractivity contribution in [1.82, 2.24) is 0 Å². The Bertz CT molecular complexity index is 465. The maximum atomic E-state index is 10.4. The van der Waals surface area contributed by atoms with Crippen molar-refractivity contribution in [3.05, 3.63) is 0 Å². The third-order valence-corrected chi connectivity index (χ3v) is 3.04. The number of carbonyl (C=O) groups excluding carboxylic acids is 4. The summed E-state index contributed by atoms with van der Waals surface area (Å²) in [6, 6.07) is -1.12. The lowest BCUT2D eigenvalue weighted by atomic mass is 9.79. The third kappa shape index (κ3) is 3.75. The summed E-state index contributed by atoms with van der Waals surface area (Å²) in [6.07, 6.45) is 6.08. The summed E-state index contributed by atoms with van der Waals surface area (Å²) in [5.74, 6) is -0.653. The van der Waals surface area contributed by atoms with Gasteiger partial charge in [0.15, 0.2) is 6.17 Å². The molecule has 1 saturated carbocycles. The molecule has 1 aliphatic rings. The summed E-state index contributed by atoms with van der Waals surface area (Å²) < 4.78 is 0. The average molecular weight is 262 g/mol. The van der Waals surface area contributed by atoms with Gasteiger partial charge in [-0.25, -0.2) is 29.2 Å². The Balaban J connectivity index is 3.19. The zero-order valence-corrected chi connectivity index (χ0v) is 9.85. The molecule has 0 bridgehead atoms. The molecule has 0 aromatic rings. The van der Waals surface area contributed by atoms with Gasteiger partial charge < -0.3 is 0 Å². The van der Waals surface area contributed by atoms with E-state index in [1.165, 1.54) is 24.3 Å². The van der Waals surface area contributed by atoms with Crippen molar-refractivity contribution < 1.29 is 19.2 Å². The highest BCUT2D eigenvalue weighted by atomic mass is 16.1. The van der Waals surface area contributed by atoms with Gasteiger partial charge in [0.2, 0.25) is 24.3 Å². The molecule has 0 spiro atoms. The van der Waals surface area contributed by atoms with Gasteiger partial charge in [-0.15, -0.1) is 0 Å². The molecule has 0 radical (unpaired) electrons. The minimum absolute atomic E-state index is 0.532. The minimum Gasteiger partial charge on any atom is -0.211 e. The van der Waals surface area contributed by atoms with Gasteiger partial charge >= 0.3 is 0 Å². The van der Waals surface area contributed by atoms with E-state index in [2.05, 4.69) is 20.0 Å². The Morgan fingerprint density at radius 1 is 0.789 bits per heavy atom. The molecule has 0 heterocycles. The first kappa shape index (κ1) is 14.6. The number of rotatable bonds is 5. The van der Waals surface area contributed by atoms with Crippen molar-refractivity contribution in [2.45, 2.75) is 37.5 Å². The largest absolute Gasteiger partial charge is 0.237 e. The molecular formula is C11H10N4O4. The fraction of sp³-hybridized carbons (Fsp3) is 0.636. The highest BCUT2D eigenvalue weighted by Crippen LogP contribution is 2.33. The van der Waals surface area contributed by atoms with Gasteiger partial charge in [-0.2, -0.15) is 9.98 Å². The molecule has 8 heteroatoms. The Morgan fingerprint density at radius 2 is 1.26 bits per heavy atom. The van der Waals surface area contributed by atoms with Crippen LogP contribution in [0.25, 0.3) is 0 Å². The molecule has 2 atom stereocenters. The van der Waals surface area contributed by atoms with Crippen LogP contribution in [-0.2, 0) is 19.2 Å². The summed E-state index contributed by atoms with van der Waals surface area (Å²) >= 11 is 0. The fourth-order valence-electron chi connectivity index (χ4n) is 2.32. The fourth-order valence-corrected chi connectivity index (χ4v) is 2.32. The van der Waals surface area contributed by atoms with E-state index in [1.54, 1.807) is 0 Å². The van der Waals surface area contributed by atoms with Crippen LogP contribution < -0.4 is 0 Å². The smallest absolute Gasteiger partial charge is 0.211 e. The van der Waals surface area contributed by atoms with Gasteiger partial charge in [-0.3, -0.25) is 0 Å². The summed E-state index contributed by atoms with van der Waals surface area (Å²) in [5.41, 5.74) is 0. The quantitative estimate of drug-likeness (QED) is 0.519. The summed E-state index contributed by atoms with van der Waals surface area (Å²) in [7, 11) is 0. The summed E-state index contributed by atoms with van der Waals surface area (Å²) in [6.45, 7) is 0. The molecule has 8 nitrogen and oxygen atoms in total. The Hall–Kier alpha value is -2.48. The van der Waals surface area contributed by atoms with E-state index in [9.17, 15) is 19.2 Å². The molecule has 0 N–H and O–H groups in total. The van der Waals surface area contributed by atoms with E-state index in [-0.39, 0.29) is 0 Å². The van der Waals surface area contributed by atoms with Crippen LogP contribution in [0.4, 0.5) is 0 Å². The minimum atomic E-state index is -1.11. The first-order valence-corrected chi connectivity index (χ1v) is 5.56. The second kappa shape index (κ2) is 7.77. The van der Waals surface area contributed by atoms with Crippen LogP contribution in [0.1, 0.15) is 19.3 Å². The number of hydrogen-bond acceptors (Lipinski definition) is 8. The first-order chi connectivity index (χ1) is 9.28. The van der Waals surface area contributed by atoms with Crippen LogP contribution >= 0.6 is 0 Å². The highest BCUT2D eigenvalue weighted by Gasteiger charge is 2.39. The van der Waals surface area contributed by atoms with E-state index in [0.29, 0.717) is 19.3 Å². The second-order valence-corrected chi connectivity index (χ2v) is 3.94. The maximum Gasteiger partial charge on any atom is 0.237 e. The van der Waals surface area contributed by atoms with Crippen molar-refractivity contribution in [3.8, 4) is 0 Å². The molecule has 0 aromatic carbocycles. The van der Waals surface area contributed by atoms with Gasteiger partial charge in [-0.1, -0.05) is 0 Å². The van der Waals surface area contributed by atoms with Gasteiger partial charge in [0.05, 0.1) is 12.1 Å². The Kier molecular flexibility index (Phi) is 5.96. The maximum absolute atomic E-state index is 10.4. The highest BCUT2D eigenvalue weighted by molar-refractivity contribution is 5.39. The zero-order chi connectivity index (χ0) is 14.1. The molecule has 0 saturated heterocycles. The van der Waals surface area contributed by atoms with Crippen molar-refractivity contribution >= 4 is 24.3 Å². The number of isocyanates is 4. The van der Waals surface area contributed by atoms with Crippen LogP contribution in [0.5, 0.6) is 0 Å². The Labute approximate surface area is 108 Å². The van der Waals surface area contributed by atoms with Crippen LogP contribution in [0.15, 0.2) is 20.0 Å². The lowest BCUT2D eigenvalue weighted by molar-refractivity contribution is 0.234. The predicted octanol–water partition coefficient (Wildman–Crippen LogP) is 0.193. The van der Waals surface area contributed by atoms with Gasteiger partial charge in [0.1, 0.15) is 0 Å². The monoisotopic (exact) mass is 262 g/mol. The lowest BCUT2D eigenvalue weighted by Gasteiger charge is -2.33. The van der Waals surface area contributed by atoms with E-state index in [1.807, 2.05) is 0 Å². The standard InChI is InChI=1S/C11H10N4O4/c16-4-12-8-2-1-3-9(13-5-17)10(8)11(14-6-18)15-7-19/h8-11H,1-3H2. The summed E-state index contributed by atoms with van der Waals surface area (Å²) in [5, 5.41) is 0. The van der Waals surface area contributed by atoms with E-state index >= 15 is 0 Å². The zero-order valence-electron chi connectivity index (χ0n) is 9.85. The number of hydrogen-bond donors (Lipinski definition) is 0. The van der Waals surface area contributed by atoms with E-state index in [4.69, 9.17) is 0 Å². The van der Waals surface area contributed by atoms with E-state index < -0.39 is 24.2 Å². The van der Waals surface area contributed by atoms with Crippen molar-refractivity contribution in [1.29, 1.82) is 0 Å².